The van der Waals surface area contributed by atoms with Crippen LogP contribution in [0.5, 0.6) is 11.5 Å². The zero-order valence-corrected chi connectivity index (χ0v) is 13.9. The Bertz CT molecular complexity index is 1050. The van der Waals surface area contributed by atoms with E-state index in [0.717, 1.165) is 0 Å². The second kappa shape index (κ2) is 6.33. The van der Waals surface area contributed by atoms with Crippen LogP contribution in [0.2, 0.25) is 0 Å². The van der Waals surface area contributed by atoms with E-state index in [2.05, 4.69) is 0 Å². The first-order chi connectivity index (χ1) is 11.4. The maximum atomic E-state index is 11.9. The topological polar surface area (TPSA) is 187 Å². The van der Waals surface area contributed by atoms with Gasteiger partial charge >= 0.3 is 5.97 Å². The molecule has 0 aliphatic carbocycles. The molecule has 0 saturated carbocycles. The number of rotatable bonds is 5. The van der Waals surface area contributed by atoms with Gasteiger partial charge in [-0.05, 0) is 18.2 Å². The van der Waals surface area contributed by atoms with Crippen LogP contribution in [-0.4, -0.2) is 32.5 Å². The second-order valence-corrected chi connectivity index (χ2v) is 7.60. The van der Waals surface area contributed by atoms with Crippen LogP contribution in [0.4, 0.5) is 5.69 Å². The largest absolute Gasteiger partial charge is 0.478 e. The smallest absolute Gasteiger partial charge is 0.337 e. The number of nitrogens with two attached hydrogens (primary N) is 2. The molecule has 0 bridgehead atoms. The SMILES string of the molecule is Nc1cc(C(=O)O)c(S(=O)(=O)O)c(S(N)(=O)=O)c1Oc1ccccc1. The Hall–Kier alpha value is -2.67. The quantitative estimate of drug-likeness (QED) is 0.421. The van der Waals surface area contributed by atoms with Crippen LogP contribution in [-0.2, 0) is 20.1 Å². The first kappa shape index (κ1) is 18.7. The molecular weight excluding hydrogens is 376 g/mol. The van der Waals surface area contributed by atoms with Crippen molar-refractivity contribution in [1.82, 2.24) is 0 Å². The van der Waals surface area contributed by atoms with Crippen LogP contribution in [0.15, 0.2) is 46.2 Å². The average molecular weight is 388 g/mol. The number of carboxylic acids is 1. The number of benzene rings is 2. The fraction of sp³-hybridized carbons (Fsp3) is 0. The fourth-order valence-electron chi connectivity index (χ4n) is 2.03. The van der Waals surface area contributed by atoms with Crippen LogP contribution < -0.4 is 15.6 Å². The van der Waals surface area contributed by atoms with E-state index >= 15 is 0 Å². The summed E-state index contributed by atoms with van der Waals surface area (Å²) in [7, 11) is -10.2. The lowest BCUT2D eigenvalue weighted by molar-refractivity contribution is 0.0691. The third-order valence-corrected chi connectivity index (χ3v) is 4.98. The Morgan fingerprint density at radius 2 is 1.60 bits per heavy atom. The average Bonchev–Trinajstić information content (AvgIpc) is 2.47. The highest BCUT2D eigenvalue weighted by Crippen LogP contribution is 2.40. The summed E-state index contributed by atoms with van der Waals surface area (Å²) in [6.07, 6.45) is 0. The minimum absolute atomic E-state index is 0.0727. The van der Waals surface area contributed by atoms with Gasteiger partial charge in [-0.2, -0.15) is 8.42 Å². The number of para-hydroxylation sites is 1. The Morgan fingerprint density at radius 3 is 2.04 bits per heavy atom. The van der Waals surface area contributed by atoms with Crippen LogP contribution in [0, 0.1) is 0 Å². The normalized spacial score (nSPS) is 11.9. The van der Waals surface area contributed by atoms with Crippen LogP contribution >= 0.6 is 0 Å². The number of ether oxygens (including phenoxy) is 1. The van der Waals surface area contributed by atoms with Gasteiger partial charge in [-0.3, -0.25) is 4.55 Å². The van der Waals surface area contributed by atoms with Crippen molar-refractivity contribution in [3.05, 3.63) is 42.0 Å². The molecule has 0 aliphatic rings. The minimum Gasteiger partial charge on any atom is -0.478 e. The molecule has 25 heavy (non-hydrogen) atoms. The van der Waals surface area contributed by atoms with Gasteiger partial charge in [0, 0.05) is 0 Å². The van der Waals surface area contributed by atoms with E-state index in [-0.39, 0.29) is 5.75 Å². The molecule has 0 atom stereocenters. The van der Waals surface area contributed by atoms with Gasteiger partial charge in [-0.25, -0.2) is 18.4 Å². The summed E-state index contributed by atoms with van der Waals surface area (Å²) in [4.78, 5) is 8.58. The summed E-state index contributed by atoms with van der Waals surface area (Å²) < 4.78 is 61.7. The predicted octanol–water partition coefficient (Wildman–Crippen LogP) is 0.653. The van der Waals surface area contributed by atoms with Crippen molar-refractivity contribution in [1.29, 1.82) is 0 Å². The van der Waals surface area contributed by atoms with Gasteiger partial charge in [-0.15, -0.1) is 0 Å². The van der Waals surface area contributed by atoms with Crippen LogP contribution in [0.25, 0.3) is 0 Å². The number of carboxylic acid groups (broad SMARTS) is 1. The second-order valence-electron chi connectivity index (χ2n) is 4.74. The number of nitrogen functional groups attached to an aromatic ring is 1. The summed E-state index contributed by atoms with van der Waals surface area (Å²) in [5.74, 6) is -2.48. The number of hydrogen-bond donors (Lipinski definition) is 4. The molecule has 0 amide bonds. The standard InChI is InChI=1S/C13H12N2O8S2/c14-9-6-8(13(16)17)11(25(20,21)22)12(24(15,18)19)10(9)23-7-4-2-1-3-5-7/h1-6H,14H2,(H,16,17)(H2,15,18,19)(H,20,21,22). The Morgan fingerprint density at radius 1 is 1.04 bits per heavy atom. The molecule has 0 heterocycles. The molecule has 12 heteroatoms. The van der Waals surface area contributed by atoms with E-state index < -0.39 is 52.9 Å². The van der Waals surface area contributed by atoms with Gasteiger partial charge in [0.05, 0.1) is 11.3 Å². The summed E-state index contributed by atoms with van der Waals surface area (Å²) in [6.45, 7) is 0. The third-order valence-electron chi connectivity index (χ3n) is 2.96. The molecule has 0 saturated heterocycles. The highest BCUT2D eigenvalue weighted by Gasteiger charge is 2.35. The number of aromatic carboxylic acids is 1. The zero-order chi connectivity index (χ0) is 19.0. The Balaban J connectivity index is 2.96. The van der Waals surface area contributed by atoms with E-state index in [9.17, 15) is 26.2 Å². The molecule has 0 fully saturated rings. The molecule has 2 rings (SSSR count). The lowest BCUT2D eigenvalue weighted by Gasteiger charge is -2.16. The van der Waals surface area contributed by atoms with E-state index in [4.69, 9.17) is 20.7 Å². The number of anilines is 1. The highest BCUT2D eigenvalue weighted by atomic mass is 32.2. The summed E-state index contributed by atoms with van der Waals surface area (Å²) in [6, 6.07) is 8.18. The van der Waals surface area contributed by atoms with Crippen molar-refractivity contribution < 1.29 is 36.0 Å². The molecule has 2 aromatic rings. The first-order valence-corrected chi connectivity index (χ1v) is 9.34. The van der Waals surface area contributed by atoms with Crippen LogP contribution in [0.1, 0.15) is 10.4 Å². The Kier molecular flexibility index (Phi) is 4.72. The van der Waals surface area contributed by atoms with Gasteiger partial charge in [0.15, 0.2) is 5.75 Å². The molecule has 134 valence electrons. The molecular formula is C13H12N2O8S2. The monoisotopic (exact) mass is 388 g/mol. The third kappa shape index (κ3) is 3.88. The maximum absolute atomic E-state index is 11.9. The summed E-state index contributed by atoms with van der Waals surface area (Å²) >= 11 is 0. The first-order valence-electron chi connectivity index (χ1n) is 6.36. The molecule has 0 unspecified atom stereocenters. The number of primary sulfonamides is 1. The molecule has 0 radical (unpaired) electrons. The lowest BCUT2D eigenvalue weighted by atomic mass is 10.2. The van der Waals surface area contributed by atoms with Crippen molar-refractivity contribution in [3.8, 4) is 11.5 Å². The van der Waals surface area contributed by atoms with Gasteiger partial charge in [0.2, 0.25) is 10.0 Å². The van der Waals surface area contributed by atoms with Crippen LogP contribution in [0.3, 0.4) is 0 Å². The van der Waals surface area contributed by atoms with E-state index in [1.54, 1.807) is 6.07 Å². The molecule has 10 nitrogen and oxygen atoms in total. The molecule has 2 aromatic carbocycles. The van der Waals surface area contributed by atoms with Gasteiger partial charge in [0.25, 0.3) is 10.1 Å². The number of sulfonamides is 1. The summed E-state index contributed by atoms with van der Waals surface area (Å²) in [5.41, 5.74) is 4.06. The number of carbonyl (C=O) groups is 1. The molecule has 0 aliphatic heterocycles. The van der Waals surface area contributed by atoms with Crippen molar-refractivity contribution in [2.45, 2.75) is 9.79 Å². The fourth-order valence-corrected chi connectivity index (χ4v) is 4.23. The highest BCUT2D eigenvalue weighted by molar-refractivity contribution is 7.91. The van der Waals surface area contributed by atoms with Crippen molar-refractivity contribution in [3.63, 3.8) is 0 Å². The minimum atomic E-state index is -5.30. The van der Waals surface area contributed by atoms with E-state index in [1.807, 2.05) is 0 Å². The zero-order valence-electron chi connectivity index (χ0n) is 12.3. The van der Waals surface area contributed by atoms with Gasteiger partial charge in [0.1, 0.15) is 15.5 Å². The van der Waals surface area contributed by atoms with Gasteiger partial charge < -0.3 is 15.6 Å². The van der Waals surface area contributed by atoms with E-state index in [1.165, 1.54) is 24.3 Å². The molecule has 6 N–H and O–H groups in total. The van der Waals surface area contributed by atoms with E-state index in [0.29, 0.717) is 6.07 Å². The lowest BCUT2D eigenvalue weighted by Crippen LogP contribution is -2.21. The van der Waals surface area contributed by atoms with Crippen molar-refractivity contribution >= 4 is 31.8 Å². The predicted molar refractivity (Wildman–Crippen MR) is 85.5 cm³/mol. The van der Waals surface area contributed by atoms with Gasteiger partial charge in [-0.1, -0.05) is 18.2 Å². The summed E-state index contributed by atoms with van der Waals surface area (Å²) in [5, 5.41) is 14.1. The number of hydrogen-bond acceptors (Lipinski definition) is 7. The Labute approximate surface area is 142 Å². The van der Waals surface area contributed by atoms with Crippen molar-refractivity contribution in [2.24, 2.45) is 5.14 Å². The maximum Gasteiger partial charge on any atom is 0.337 e. The molecule has 0 spiro atoms. The van der Waals surface area contributed by atoms with Crippen molar-refractivity contribution in [2.75, 3.05) is 5.73 Å². The molecule has 0 aromatic heterocycles.